The molecule has 144 valence electrons. The van der Waals surface area contributed by atoms with Gasteiger partial charge in [0, 0.05) is 17.5 Å². The van der Waals surface area contributed by atoms with Crippen LogP contribution in [0.25, 0.3) is 0 Å². The van der Waals surface area contributed by atoms with Crippen molar-refractivity contribution in [3.63, 3.8) is 0 Å². The molecule has 2 N–H and O–H groups in total. The van der Waals surface area contributed by atoms with E-state index in [2.05, 4.69) is 10.6 Å². The maximum atomic E-state index is 12.8. The number of alkyl halides is 3. The summed E-state index contributed by atoms with van der Waals surface area (Å²) in [6, 6.07) is 9.61. The number of rotatable bonds is 5. The van der Waals surface area contributed by atoms with E-state index in [1.807, 2.05) is 0 Å². The van der Waals surface area contributed by atoms with E-state index in [1.165, 1.54) is 18.7 Å². The summed E-state index contributed by atoms with van der Waals surface area (Å²) in [4.78, 5) is 24.1. The molecule has 2 rings (SSSR count). The van der Waals surface area contributed by atoms with Gasteiger partial charge in [-0.1, -0.05) is 11.6 Å². The monoisotopic (exact) mass is 416 g/mol. The van der Waals surface area contributed by atoms with Crippen LogP contribution in [-0.4, -0.2) is 17.1 Å². The number of carbonyl (C=O) groups is 2. The number of hydrogen-bond acceptors (Lipinski definition) is 3. The van der Waals surface area contributed by atoms with E-state index in [0.29, 0.717) is 5.69 Å². The summed E-state index contributed by atoms with van der Waals surface area (Å²) < 4.78 is 38.4. The third-order valence-electron chi connectivity index (χ3n) is 3.41. The van der Waals surface area contributed by atoms with Crippen LogP contribution in [0.4, 0.5) is 24.5 Å². The largest absolute Gasteiger partial charge is 0.416 e. The maximum Gasteiger partial charge on any atom is 0.416 e. The smallest absolute Gasteiger partial charge is 0.326 e. The number of thioether (sulfide) groups is 1. The first-order valence-electron chi connectivity index (χ1n) is 7.78. The SMILES string of the molecule is CC(=O)Nc1ccc(SC(C)C(=O)Nc2cc(C(F)(F)F)ccc2Cl)cc1. The molecule has 1 atom stereocenters. The quantitative estimate of drug-likeness (QED) is 0.638. The predicted octanol–water partition coefficient (Wildman–Crippen LogP) is 5.44. The van der Waals surface area contributed by atoms with E-state index in [4.69, 9.17) is 11.6 Å². The first-order chi connectivity index (χ1) is 12.6. The standard InChI is InChI=1S/C18H16ClF3N2O2S/c1-10(27-14-6-4-13(5-7-14)23-11(2)25)17(26)24-16-9-12(18(20,21)22)3-8-15(16)19/h3-10H,1-2H3,(H,23,25)(H,24,26). The average Bonchev–Trinajstić information content (AvgIpc) is 2.57. The van der Waals surface area contributed by atoms with Crippen molar-refractivity contribution < 1.29 is 22.8 Å². The van der Waals surface area contributed by atoms with Crippen molar-refractivity contribution in [1.29, 1.82) is 0 Å². The number of halogens is 4. The molecule has 0 spiro atoms. The van der Waals surface area contributed by atoms with Crippen LogP contribution >= 0.6 is 23.4 Å². The number of benzene rings is 2. The lowest BCUT2D eigenvalue weighted by Crippen LogP contribution is -2.22. The van der Waals surface area contributed by atoms with Gasteiger partial charge in [0.2, 0.25) is 11.8 Å². The van der Waals surface area contributed by atoms with Gasteiger partial charge in [0.05, 0.1) is 21.5 Å². The highest BCUT2D eigenvalue weighted by molar-refractivity contribution is 8.00. The molecular formula is C18H16ClF3N2O2S. The molecule has 0 saturated carbocycles. The molecular weight excluding hydrogens is 401 g/mol. The molecule has 2 amide bonds. The lowest BCUT2D eigenvalue weighted by molar-refractivity contribution is -0.137. The van der Waals surface area contributed by atoms with E-state index in [1.54, 1.807) is 31.2 Å². The summed E-state index contributed by atoms with van der Waals surface area (Å²) in [5.41, 5.74) is -0.360. The minimum Gasteiger partial charge on any atom is -0.326 e. The highest BCUT2D eigenvalue weighted by Crippen LogP contribution is 2.34. The second-order valence-corrected chi connectivity index (χ2v) is 7.47. The topological polar surface area (TPSA) is 58.2 Å². The van der Waals surface area contributed by atoms with Crippen molar-refractivity contribution in [2.75, 3.05) is 10.6 Å². The zero-order valence-electron chi connectivity index (χ0n) is 14.4. The molecule has 1 unspecified atom stereocenters. The van der Waals surface area contributed by atoms with Gasteiger partial charge in [-0.2, -0.15) is 13.2 Å². The molecule has 0 aliphatic heterocycles. The van der Waals surface area contributed by atoms with Gasteiger partial charge in [-0.25, -0.2) is 0 Å². The van der Waals surface area contributed by atoms with E-state index in [-0.39, 0.29) is 16.6 Å². The van der Waals surface area contributed by atoms with Crippen LogP contribution < -0.4 is 10.6 Å². The van der Waals surface area contributed by atoms with Gasteiger partial charge in [0.1, 0.15) is 0 Å². The Morgan fingerprint density at radius 1 is 1.07 bits per heavy atom. The summed E-state index contributed by atoms with van der Waals surface area (Å²) in [5.74, 6) is -0.673. The highest BCUT2D eigenvalue weighted by atomic mass is 35.5. The Bertz CT molecular complexity index is 841. The minimum absolute atomic E-state index is 0.0215. The van der Waals surface area contributed by atoms with Crippen LogP contribution in [0, 0.1) is 0 Å². The van der Waals surface area contributed by atoms with Gasteiger partial charge in [-0.3, -0.25) is 9.59 Å². The van der Waals surface area contributed by atoms with Crippen LogP contribution in [-0.2, 0) is 15.8 Å². The Morgan fingerprint density at radius 2 is 1.70 bits per heavy atom. The van der Waals surface area contributed by atoms with E-state index in [9.17, 15) is 22.8 Å². The van der Waals surface area contributed by atoms with Gasteiger partial charge in [0.25, 0.3) is 0 Å². The van der Waals surface area contributed by atoms with Crippen LogP contribution in [0.15, 0.2) is 47.4 Å². The molecule has 2 aromatic carbocycles. The molecule has 0 heterocycles. The molecule has 0 radical (unpaired) electrons. The Labute approximate surface area is 163 Å². The number of carbonyl (C=O) groups excluding carboxylic acids is 2. The van der Waals surface area contributed by atoms with Crippen LogP contribution in [0.3, 0.4) is 0 Å². The molecule has 0 fully saturated rings. The van der Waals surface area contributed by atoms with Crippen molar-refractivity contribution in [2.45, 2.75) is 30.2 Å². The summed E-state index contributed by atoms with van der Waals surface area (Å²) in [6.45, 7) is 3.03. The fourth-order valence-corrected chi connectivity index (χ4v) is 3.14. The number of nitrogens with one attached hydrogen (secondary N) is 2. The van der Waals surface area contributed by atoms with Crippen molar-refractivity contribution in [2.24, 2.45) is 0 Å². The second-order valence-electron chi connectivity index (χ2n) is 5.65. The normalized spacial score (nSPS) is 12.4. The Balaban J connectivity index is 2.04. The zero-order valence-corrected chi connectivity index (χ0v) is 15.9. The molecule has 0 bridgehead atoms. The fraction of sp³-hybridized carbons (Fsp3) is 0.222. The lowest BCUT2D eigenvalue weighted by Gasteiger charge is -2.15. The summed E-state index contributed by atoms with van der Waals surface area (Å²) in [5, 5.41) is 4.50. The lowest BCUT2D eigenvalue weighted by atomic mass is 10.2. The zero-order chi connectivity index (χ0) is 20.2. The molecule has 9 heteroatoms. The minimum atomic E-state index is -4.53. The Hall–Kier alpha value is -2.19. The summed E-state index contributed by atoms with van der Waals surface area (Å²) in [6.07, 6.45) is -4.53. The fourth-order valence-electron chi connectivity index (χ4n) is 2.11. The van der Waals surface area contributed by atoms with Crippen molar-refractivity contribution >= 4 is 46.6 Å². The van der Waals surface area contributed by atoms with Crippen molar-refractivity contribution in [3.8, 4) is 0 Å². The van der Waals surface area contributed by atoms with Crippen molar-refractivity contribution in [1.82, 2.24) is 0 Å². The molecule has 0 aliphatic rings. The van der Waals surface area contributed by atoms with Gasteiger partial charge < -0.3 is 10.6 Å². The Morgan fingerprint density at radius 3 is 2.26 bits per heavy atom. The third-order valence-corrected chi connectivity index (χ3v) is 4.85. The van der Waals surface area contributed by atoms with Crippen molar-refractivity contribution in [3.05, 3.63) is 53.1 Å². The Kier molecular flexibility index (Phi) is 6.78. The first kappa shape index (κ1) is 21.1. The first-order valence-corrected chi connectivity index (χ1v) is 9.04. The number of anilines is 2. The van der Waals surface area contributed by atoms with Crippen LogP contribution in [0.5, 0.6) is 0 Å². The molecule has 27 heavy (non-hydrogen) atoms. The molecule has 0 aliphatic carbocycles. The third kappa shape index (κ3) is 6.18. The number of amides is 2. The van der Waals surface area contributed by atoms with E-state index < -0.39 is 22.9 Å². The summed E-state index contributed by atoms with van der Waals surface area (Å²) in [7, 11) is 0. The van der Waals surface area contributed by atoms with Crippen LogP contribution in [0.2, 0.25) is 5.02 Å². The van der Waals surface area contributed by atoms with E-state index >= 15 is 0 Å². The average molecular weight is 417 g/mol. The maximum absolute atomic E-state index is 12.8. The molecule has 0 saturated heterocycles. The molecule has 0 aromatic heterocycles. The van der Waals surface area contributed by atoms with E-state index in [0.717, 1.165) is 23.1 Å². The van der Waals surface area contributed by atoms with Gasteiger partial charge >= 0.3 is 6.18 Å². The summed E-state index contributed by atoms with van der Waals surface area (Å²) >= 11 is 7.11. The van der Waals surface area contributed by atoms with Crippen LogP contribution in [0.1, 0.15) is 19.4 Å². The molecule has 2 aromatic rings. The van der Waals surface area contributed by atoms with Gasteiger partial charge in [-0.15, -0.1) is 11.8 Å². The number of hydrogen-bond donors (Lipinski definition) is 2. The molecule has 4 nitrogen and oxygen atoms in total. The highest BCUT2D eigenvalue weighted by Gasteiger charge is 2.31. The van der Waals surface area contributed by atoms with Gasteiger partial charge in [0.15, 0.2) is 0 Å². The van der Waals surface area contributed by atoms with Gasteiger partial charge in [-0.05, 0) is 49.4 Å². The second kappa shape index (κ2) is 8.67. The predicted molar refractivity (Wildman–Crippen MR) is 101 cm³/mol.